The van der Waals surface area contributed by atoms with Crippen LogP contribution in [-0.4, -0.2) is 5.78 Å². The van der Waals surface area contributed by atoms with Gasteiger partial charge in [-0.25, -0.2) is 0 Å². The Bertz CT molecular complexity index is 209. The summed E-state index contributed by atoms with van der Waals surface area (Å²) in [5.41, 5.74) is 0. The van der Waals surface area contributed by atoms with E-state index in [9.17, 15) is 4.79 Å². The molecule has 1 nitrogen and oxygen atoms in total. The van der Waals surface area contributed by atoms with Crippen molar-refractivity contribution in [3.8, 4) is 0 Å². The molecule has 0 amide bonds. The van der Waals surface area contributed by atoms with Crippen LogP contribution in [0.5, 0.6) is 0 Å². The van der Waals surface area contributed by atoms with Gasteiger partial charge in [0, 0.05) is 5.92 Å². The summed E-state index contributed by atoms with van der Waals surface area (Å²) in [6.45, 7) is 4.12. The lowest BCUT2D eigenvalue weighted by Gasteiger charge is -2.26. The van der Waals surface area contributed by atoms with E-state index in [1.807, 2.05) is 0 Å². The SMILES string of the molecule is CC(=O)C1CC1C1CCCC(C)C1. The summed E-state index contributed by atoms with van der Waals surface area (Å²) in [6.07, 6.45) is 6.78. The lowest BCUT2D eigenvalue weighted by atomic mass is 9.79. The highest BCUT2D eigenvalue weighted by atomic mass is 16.1. The summed E-state index contributed by atoms with van der Waals surface area (Å²) < 4.78 is 0. The fraction of sp³-hybridized carbons (Fsp3) is 0.917. The monoisotopic (exact) mass is 180 g/mol. The number of ketones is 1. The van der Waals surface area contributed by atoms with Crippen LogP contribution in [0.3, 0.4) is 0 Å². The lowest BCUT2D eigenvalue weighted by Crippen LogP contribution is -2.16. The van der Waals surface area contributed by atoms with E-state index in [1.54, 1.807) is 6.92 Å². The second kappa shape index (κ2) is 3.43. The summed E-state index contributed by atoms with van der Waals surface area (Å²) in [5, 5.41) is 0. The Kier molecular flexibility index (Phi) is 2.44. The second-order valence-corrected chi connectivity index (χ2v) is 5.15. The molecule has 4 unspecified atom stereocenters. The van der Waals surface area contributed by atoms with Gasteiger partial charge in [-0.1, -0.05) is 26.2 Å². The minimum Gasteiger partial charge on any atom is -0.300 e. The highest BCUT2D eigenvalue weighted by Gasteiger charge is 2.46. The topological polar surface area (TPSA) is 17.1 Å². The molecule has 2 fully saturated rings. The molecule has 0 saturated heterocycles. The van der Waals surface area contributed by atoms with Crippen molar-refractivity contribution in [3.05, 3.63) is 0 Å². The average Bonchev–Trinajstić information content (AvgIpc) is 2.82. The number of carbonyl (C=O) groups excluding carboxylic acids is 1. The summed E-state index contributed by atoms with van der Waals surface area (Å²) in [6, 6.07) is 0. The van der Waals surface area contributed by atoms with E-state index < -0.39 is 0 Å². The third-order valence-corrected chi connectivity index (χ3v) is 3.94. The molecule has 0 bridgehead atoms. The van der Waals surface area contributed by atoms with Crippen LogP contribution in [0.1, 0.15) is 46.0 Å². The second-order valence-electron chi connectivity index (χ2n) is 5.15. The van der Waals surface area contributed by atoms with Gasteiger partial charge in [-0.05, 0) is 37.5 Å². The van der Waals surface area contributed by atoms with E-state index in [0.717, 1.165) is 17.8 Å². The molecule has 0 aromatic heterocycles. The van der Waals surface area contributed by atoms with Crippen LogP contribution in [-0.2, 0) is 4.79 Å². The van der Waals surface area contributed by atoms with Gasteiger partial charge in [0.25, 0.3) is 0 Å². The molecule has 13 heavy (non-hydrogen) atoms. The maximum atomic E-state index is 11.1. The van der Waals surface area contributed by atoms with E-state index in [1.165, 1.54) is 32.1 Å². The zero-order valence-corrected chi connectivity index (χ0v) is 8.75. The molecule has 0 radical (unpaired) electrons. The standard InChI is InChI=1S/C12H20O/c1-8-4-3-5-10(6-8)12-7-11(12)9(2)13/h8,10-12H,3-7H2,1-2H3. The Morgan fingerprint density at radius 3 is 2.54 bits per heavy atom. The number of hydrogen-bond acceptors (Lipinski definition) is 1. The first-order valence-electron chi connectivity index (χ1n) is 5.69. The molecule has 2 aliphatic carbocycles. The Morgan fingerprint density at radius 1 is 1.23 bits per heavy atom. The Morgan fingerprint density at radius 2 is 2.00 bits per heavy atom. The molecule has 0 aliphatic heterocycles. The highest BCUT2D eigenvalue weighted by Crippen LogP contribution is 2.50. The van der Waals surface area contributed by atoms with Gasteiger partial charge in [-0.3, -0.25) is 4.79 Å². The van der Waals surface area contributed by atoms with Crippen LogP contribution in [0, 0.1) is 23.7 Å². The fourth-order valence-corrected chi connectivity index (χ4v) is 3.07. The summed E-state index contributed by atoms with van der Waals surface area (Å²) in [5.74, 6) is 3.46. The van der Waals surface area contributed by atoms with Crippen LogP contribution in [0.4, 0.5) is 0 Å². The van der Waals surface area contributed by atoms with Gasteiger partial charge in [0.05, 0.1) is 0 Å². The maximum absolute atomic E-state index is 11.1. The predicted molar refractivity (Wildman–Crippen MR) is 53.4 cm³/mol. The molecule has 0 aromatic carbocycles. The van der Waals surface area contributed by atoms with Gasteiger partial charge in [0.15, 0.2) is 0 Å². The van der Waals surface area contributed by atoms with E-state index in [0.29, 0.717) is 11.7 Å². The first-order chi connectivity index (χ1) is 6.18. The van der Waals surface area contributed by atoms with Crippen molar-refractivity contribution in [3.63, 3.8) is 0 Å². The minimum atomic E-state index is 0.434. The number of Topliss-reactive ketones (excluding diaryl/α,β-unsaturated/α-hetero) is 1. The first kappa shape index (κ1) is 9.23. The molecule has 0 N–H and O–H groups in total. The smallest absolute Gasteiger partial charge is 0.133 e. The molecule has 2 rings (SSSR count). The summed E-state index contributed by atoms with van der Waals surface area (Å²) in [4.78, 5) is 11.1. The third kappa shape index (κ3) is 1.95. The lowest BCUT2D eigenvalue weighted by molar-refractivity contribution is -0.118. The largest absolute Gasteiger partial charge is 0.300 e. The van der Waals surface area contributed by atoms with Crippen molar-refractivity contribution >= 4 is 5.78 Å². The van der Waals surface area contributed by atoms with Gasteiger partial charge in [0.2, 0.25) is 0 Å². The van der Waals surface area contributed by atoms with Crippen molar-refractivity contribution in [1.29, 1.82) is 0 Å². The van der Waals surface area contributed by atoms with Crippen molar-refractivity contribution in [1.82, 2.24) is 0 Å². The van der Waals surface area contributed by atoms with E-state index >= 15 is 0 Å². The van der Waals surface area contributed by atoms with Crippen molar-refractivity contribution < 1.29 is 4.79 Å². The van der Waals surface area contributed by atoms with Crippen molar-refractivity contribution in [2.24, 2.45) is 23.7 Å². The van der Waals surface area contributed by atoms with Crippen molar-refractivity contribution in [2.75, 3.05) is 0 Å². The number of rotatable bonds is 2. The highest BCUT2D eigenvalue weighted by molar-refractivity contribution is 5.81. The van der Waals surface area contributed by atoms with Gasteiger partial charge in [0.1, 0.15) is 5.78 Å². The molecule has 0 heterocycles. The quantitative estimate of drug-likeness (QED) is 0.638. The Labute approximate surface area is 80.9 Å². The zero-order valence-electron chi connectivity index (χ0n) is 8.75. The molecule has 1 heteroatoms. The first-order valence-corrected chi connectivity index (χ1v) is 5.69. The molecule has 2 aliphatic rings. The molecule has 2 saturated carbocycles. The van der Waals surface area contributed by atoms with Crippen LogP contribution in [0.2, 0.25) is 0 Å². The average molecular weight is 180 g/mol. The van der Waals surface area contributed by atoms with E-state index in [2.05, 4.69) is 6.92 Å². The zero-order chi connectivity index (χ0) is 9.42. The predicted octanol–water partition coefficient (Wildman–Crippen LogP) is 3.04. The van der Waals surface area contributed by atoms with Crippen LogP contribution in [0.25, 0.3) is 0 Å². The Balaban J connectivity index is 1.85. The summed E-state index contributed by atoms with van der Waals surface area (Å²) >= 11 is 0. The number of carbonyl (C=O) groups is 1. The molecule has 4 atom stereocenters. The molecule has 74 valence electrons. The normalized spacial score (nSPS) is 44.5. The van der Waals surface area contributed by atoms with Gasteiger partial charge in [-0.15, -0.1) is 0 Å². The number of hydrogen-bond donors (Lipinski definition) is 0. The van der Waals surface area contributed by atoms with E-state index in [-0.39, 0.29) is 0 Å². The van der Waals surface area contributed by atoms with Crippen LogP contribution < -0.4 is 0 Å². The molecule has 0 aromatic rings. The minimum absolute atomic E-state index is 0.434. The van der Waals surface area contributed by atoms with Crippen LogP contribution in [0.15, 0.2) is 0 Å². The fourth-order valence-electron chi connectivity index (χ4n) is 3.07. The molecular weight excluding hydrogens is 160 g/mol. The molecular formula is C12H20O. The molecule has 0 spiro atoms. The third-order valence-electron chi connectivity index (χ3n) is 3.94. The maximum Gasteiger partial charge on any atom is 0.133 e. The van der Waals surface area contributed by atoms with E-state index in [4.69, 9.17) is 0 Å². The Hall–Kier alpha value is -0.330. The van der Waals surface area contributed by atoms with Gasteiger partial charge >= 0.3 is 0 Å². The van der Waals surface area contributed by atoms with Gasteiger partial charge < -0.3 is 0 Å². The van der Waals surface area contributed by atoms with Gasteiger partial charge in [-0.2, -0.15) is 0 Å². The van der Waals surface area contributed by atoms with Crippen LogP contribution >= 0.6 is 0 Å². The summed E-state index contributed by atoms with van der Waals surface area (Å²) in [7, 11) is 0. The van der Waals surface area contributed by atoms with Crippen molar-refractivity contribution in [2.45, 2.75) is 46.0 Å².